The molecule has 0 aliphatic rings. The summed E-state index contributed by atoms with van der Waals surface area (Å²) in [6.07, 6.45) is 1.09. The molecule has 118 valence electrons. The van der Waals surface area contributed by atoms with Crippen molar-refractivity contribution in [2.75, 3.05) is 40.4 Å². The molecule has 21 heavy (non-hydrogen) atoms. The molecule has 0 spiro atoms. The van der Waals surface area contributed by atoms with Crippen LogP contribution < -0.4 is 11.1 Å². The largest absolute Gasteiger partial charge is 0.378 e. The zero-order valence-electron chi connectivity index (χ0n) is 13.0. The molecule has 0 fully saturated rings. The van der Waals surface area contributed by atoms with Gasteiger partial charge in [0.15, 0.2) is 0 Å². The van der Waals surface area contributed by atoms with Gasteiger partial charge >= 0.3 is 0 Å². The van der Waals surface area contributed by atoms with Crippen LogP contribution in [0.1, 0.15) is 24.4 Å². The van der Waals surface area contributed by atoms with Gasteiger partial charge in [-0.1, -0.05) is 30.3 Å². The number of benzene rings is 1. The topological polar surface area (TPSA) is 67.6 Å². The van der Waals surface area contributed by atoms with Crippen molar-refractivity contribution >= 4 is 5.91 Å². The maximum Gasteiger partial charge on any atom is 0.220 e. The third kappa shape index (κ3) is 8.45. The van der Waals surface area contributed by atoms with E-state index in [-0.39, 0.29) is 11.9 Å². The Morgan fingerprint density at radius 3 is 2.67 bits per heavy atom. The second-order valence-electron chi connectivity index (χ2n) is 5.32. The molecule has 1 aromatic rings. The lowest BCUT2D eigenvalue weighted by Crippen LogP contribution is -2.29. The maximum atomic E-state index is 11.7. The highest BCUT2D eigenvalue weighted by atomic mass is 16.5. The smallest absolute Gasteiger partial charge is 0.220 e. The Hall–Kier alpha value is -1.43. The minimum atomic E-state index is -0.0895. The minimum Gasteiger partial charge on any atom is -0.378 e. The van der Waals surface area contributed by atoms with Crippen molar-refractivity contribution in [3.05, 3.63) is 35.9 Å². The van der Waals surface area contributed by atoms with E-state index in [1.807, 2.05) is 44.4 Å². The van der Waals surface area contributed by atoms with Crippen LogP contribution in [0.15, 0.2) is 30.3 Å². The van der Waals surface area contributed by atoms with Crippen molar-refractivity contribution in [2.45, 2.75) is 18.9 Å². The summed E-state index contributed by atoms with van der Waals surface area (Å²) >= 11 is 0. The molecule has 0 bridgehead atoms. The first-order chi connectivity index (χ1) is 10.1. The zero-order valence-corrected chi connectivity index (χ0v) is 13.0. The lowest BCUT2D eigenvalue weighted by Gasteiger charge is -2.12. The van der Waals surface area contributed by atoms with Crippen molar-refractivity contribution in [1.82, 2.24) is 10.2 Å². The second-order valence-corrected chi connectivity index (χ2v) is 5.32. The molecule has 1 unspecified atom stereocenters. The molecular formula is C16H27N3O2. The van der Waals surface area contributed by atoms with Gasteiger partial charge in [0.2, 0.25) is 5.91 Å². The molecule has 1 amide bonds. The quantitative estimate of drug-likeness (QED) is 0.635. The van der Waals surface area contributed by atoms with Crippen LogP contribution >= 0.6 is 0 Å². The standard InChI is InChI=1S/C16H27N3O2/c1-19(2)11-13-21-12-10-18-16(20)9-8-15(17)14-6-4-3-5-7-14/h3-7,15H,8-13,17H2,1-2H3,(H,18,20). The fourth-order valence-corrected chi connectivity index (χ4v) is 1.85. The maximum absolute atomic E-state index is 11.7. The summed E-state index contributed by atoms with van der Waals surface area (Å²) in [4.78, 5) is 13.7. The third-order valence-electron chi connectivity index (χ3n) is 3.16. The summed E-state index contributed by atoms with van der Waals surface area (Å²) in [5.74, 6) is 0.0255. The van der Waals surface area contributed by atoms with Gasteiger partial charge < -0.3 is 20.7 Å². The van der Waals surface area contributed by atoms with Crippen molar-refractivity contribution in [3.63, 3.8) is 0 Å². The Balaban J connectivity index is 2.06. The van der Waals surface area contributed by atoms with E-state index in [1.165, 1.54) is 0 Å². The first-order valence-electron chi connectivity index (χ1n) is 7.39. The fourth-order valence-electron chi connectivity index (χ4n) is 1.85. The number of carbonyl (C=O) groups excluding carboxylic acids is 1. The van der Waals surface area contributed by atoms with Gasteiger partial charge in [-0.05, 0) is 26.1 Å². The first kappa shape index (κ1) is 17.6. The van der Waals surface area contributed by atoms with Gasteiger partial charge in [-0.15, -0.1) is 0 Å². The van der Waals surface area contributed by atoms with Crippen LogP contribution in [0.4, 0.5) is 0 Å². The molecule has 0 saturated carbocycles. The summed E-state index contributed by atoms with van der Waals surface area (Å²) < 4.78 is 5.41. The average Bonchev–Trinajstić information content (AvgIpc) is 2.49. The van der Waals surface area contributed by atoms with Gasteiger partial charge in [0.1, 0.15) is 0 Å². The van der Waals surface area contributed by atoms with Crippen LogP contribution in [-0.4, -0.2) is 51.2 Å². The molecular weight excluding hydrogens is 266 g/mol. The molecule has 0 radical (unpaired) electrons. The number of ether oxygens (including phenoxy) is 1. The molecule has 3 N–H and O–H groups in total. The highest BCUT2D eigenvalue weighted by molar-refractivity contribution is 5.75. The van der Waals surface area contributed by atoms with Crippen LogP contribution in [-0.2, 0) is 9.53 Å². The summed E-state index contributed by atoms with van der Waals surface area (Å²) in [5.41, 5.74) is 7.12. The number of rotatable bonds is 10. The Morgan fingerprint density at radius 1 is 1.29 bits per heavy atom. The molecule has 1 atom stereocenters. The third-order valence-corrected chi connectivity index (χ3v) is 3.16. The molecule has 0 aliphatic heterocycles. The number of nitrogens with two attached hydrogens (primary N) is 1. The van der Waals surface area contributed by atoms with Crippen LogP contribution in [0.3, 0.4) is 0 Å². The monoisotopic (exact) mass is 293 g/mol. The van der Waals surface area contributed by atoms with E-state index >= 15 is 0 Å². The van der Waals surface area contributed by atoms with E-state index in [0.29, 0.717) is 32.6 Å². The van der Waals surface area contributed by atoms with Crippen LogP contribution in [0.25, 0.3) is 0 Å². The van der Waals surface area contributed by atoms with Gasteiger partial charge in [0, 0.05) is 25.6 Å². The van der Waals surface area contributed by atoms with E-state index in [9.17, 15) is 4.79 Å². The number of carbonyl (C=O) groups is 1. The van der Waals surface area contributed by atoms with Gasteiger partial charge in [0.25, 0.3) is 0 Å². The highest BCUT2D eigenvalue weighted by Crippen LogP contribution is 2.14. The SMILES string of the molecule is CN(C)CCOCCNC(=O)CCC(N)c1ccccc1. The summed E-state index contributed by atoms with van der Waals surface area (Å²) in [7, 11) is 4.00. The van der Waals surface area contributed by atoms with Crippen molar-refractivity contribution in [1.29, 1.82) is 0 Å². The predicted molar refractivity (Wildman–Crippen MR) is 85.0 cm³/mol. The highest BCUT2D eigenvalue weighted by Gasteiger charge is 2.08. The normalized spacial score (nSPS) is 12.4. The van der Waals surface area contributed by atoms with E-state index < -0.39 is 0 Å². The molecule has 1 rings (SSSR count). The second kappa shape index (κ2) is 10.3. The van der Waals surface area contributed by atoms with E-state index in [4.69, 9.17) is 10.5 Å². The van der Waals surface area contributed by atoms with E-state index in [0.717, 1.165) is 12.1 Å². The van der Waals surface area contributed by atoms with E-state index in [1.54, 1.807) is 0 Å². The molecule has 5 heteroatoms. The zero-order chi connectivity index (χ0) is 15.5. The van der Waals surface area contributed by atoms with E-state index in [2.05, 4.69) is 10.2 Å². The minimum absolute atomic E-state index is 0.0255. The van der Waals surface area contributed by atoms with Gasteiger partial charge in [-0.25, -0.2) is 0 Å². The van der Waals surface area contributed by atoms with Gasteiger partial charge in [-0.2, -0.15) is 0 Å². The van der Waals surface area contributed by atoms with Crippen LogP contribution in [0, 0.1) is 0 Å². The van der Waals surface area contributed by atoms with Gasteiger partial charge in [0.05, 0.1) is 13.2 Å². The number of nitrogens with zero attached hydrogens (tertiary/aromatic N) is 1. The number of likely N-dealkylation sites (N-methyl/N-ethyl adjacent to an activating group) is 1. The molecule has 0 saturated heterocycles. The van der Waals surface area contributed by atoms with Crippen molar-refractivity contribution in [2.24, 2.45) is 5.73 Å². The van der Waals surface area contributed by atoms with Crippen LogP contribution in [0.2, 0.25) is 0 Å². The van der Waals surface area contributed by atoms with Crippen molar-refractivity contribution < 1.29 is 9.53 Å². The molecule has 0 heterocycles. The van der Waals surface area contributed by atoms with Crippen molar-refractivity contribution in [3.8, 4) is 0 Å². The Morgan fingerprint density at radius 2 is 2.00 bits per heavy atom. The van der Waals surface area contributed by atoms with Gasteiger partial charge in [-0.3, -0.25) is 4.79 Å². The predicted octanol–water partition coefficient (Wildman–Crippen LogP) is 1.16. The molecule has 5 nitrogen and oxygen atoms in total. The first-order valence-corrected chi connectivity index (χ1v) is 7.39. The lowest BCUT2D eigenvalue weighted by molar-refractivity contribution is -0.121. The number of amides is 1. The summed E-state index contributed by atoms with van der Waals surface area (Å²) in [5, 5.41) is 2.84. The number of hydrogen-bond acceptors (Lipinski definition) is 4. The summed E-state index contributed by atoms with van der Waals surface area (Å²) in [6.45, 7) is 2.67. The number of nitrogens with one attached hydrogen (secondary N) is 1. The Bertz CT molecular complexity index is 396. The van der Waals surface area contributed by atoms with Crippen LogP contribution in [0.5, 0.6) is 0 Å². The number of hydrogen-bond donors (Lipinski definition) is 2. The summed E-state index contributed by atoms with van der Waals surface area (Å²) in [6, 6.07) is 9.76. The Labute approximate surface area is 127 Å². The lowest BCUT2D eigenvalue weighted by atomic mass is 10.0. The average molecular weight is 293 g/mol. The molecule has 1 aromatic carbocycles. The molecule has 0 aliphatic carbocycles. The molecule has 0 aromatic heterocycles. The fraction of sp³-hybridized carbons (Fsp3) is 0.562. The Kier molecular flexibility index (Phi) is 8.66.